The summed E-state index contributed by atoms with van der Waals surface area (Å²) < 4.78 is 16.3. The minimum Gasteiger partial charge on any atom is -0.490 e. The highest BCUT2D eigenvalue weighted by Gasteiger charge is 2.29. The number of hydrogen-bond donors (Lipinski definition) is 1. The van der Waals surface area contributed by atoms with Crippen LogP contribution in [0.1, 0.15) is 18.6 Å². The van der Waals surface area contributed by atoms with Crippen molar-refractivity contribution in [2.75, 3.05) is 26.4 Å². The summed E-state index contributed by atoms with van der Waals surface area (Å²) in [4.78, 5) is 0. The lowest BCUT2D eigenvalue weighted by Crippen LogP contribution is -2.34. The Bertz CT molecular complexity index is 353. The number of ether oxygens (including phenoxy) is 3. The van der Waals surface area contributed by atoms with Crippen LogP contribution in [-0.2, 0) is 9.47 Å². The molecule has 0 spiro atoms. The third kappa shape index (κ3) is 2.97. The van der Waals surface area contributed by atoms with Crippen LogP contribution in [0.4, 0.5) is 0 Å². The molecule has 4 heteroatoms. The first-order chi connectivity index (χ1) is 8.33. The molecule has 94 valence electrons. The highest BCUT2D eigenvalue weighted by atomic mass is 16.6. The zero-order chi connectivity index (χ0) is 12.1. The molecule has 0 aromatic heterocycles. The molecule has 1 aromatic rings. The van der Waals surface area contributed by atoms with Gasteiger partial charge in [-0.3, -0.25) is 0 Å². The predicted octanol–water partition coefficient (Wildman–Crippen LogP) is 1.53. The first kappa shape index (κ1) is 12.4. The maximum Gasteiger partial charge on any atom is 0.125 e. The Morgan fingerprint density at radius 3 is 3.00 bits per heavy atom. The van der Waals surface area contributed by atoms with Crippen molar-refractivity contribution in [1.82, 2.24) is 0 Å². The van der Waals surface area contributed by atoms with E-state index in [0.717, 1.165) is 11.3 Å². The summed E-state index contributed by atoms with van der Waals surface area (Å²) in [5.41, 5.74) is 0.792. The van der Waals surface area contributed by atoms with Gasteiger partial charge in [-0.25, -0.2) is 0 Å². The normalized spacial score (nSPS) is 22.9. The van der Waals surface area contributed by atoms with Crippen LogP contribution < -0.4 is 4.74 Å². The van der Waals surface area contributed by atoms with Crippen LogP contribution in [0.3, 0.4) is 0 Å². The Balaban J connectivity index is 1.90. The molecular weight excluding hydrogens is 220 g/mol. The van der Waals surface area contributed by atoms with Gasteiger partial charge in [0.25, 0.3) is 0 Å². The van der Waals surface area contributed by atoms with E-state index in [1.807, 2.05) is 31.2 Å². The fourth-order valence-electron chi connectivity index (χ4n) is 1.86. The Kier molecular flexibility index (Phi) is 4.36. The van der Waals surface area contributed by atoms with Gasteiger partial charge in [-0.2, -0.15) is 0 Å². The average molecular weight is 238 g/mol. The Labute approximate surface area is 101 Å². The van der Waals surface area contributed by atoms with Gasteiger partial charge in [0, 0.05) is 12.2 Å². The summed E-state index contributed by atoms with van der Waals surface area (Å²) in [7, 11) is 0. The van der Waals surface area contributed by atoms with Crippen molar-refractivity contribution >= 4 is 0 Å². The molecule has 1 aromatic carbocycles. The quantitative estimate of drug-likeness (QED) is 0.790. The van der Waals surface area contributed by atoms with E-state index in [2.05, 4.69) is 0 Å². The van der Waals surface area contributed by atoms with Crippen LogP contribution in [0, 0.1) is 0 Å². The zero-order valence-electron chi connectivity index (χ0n) is 9.96. The molecule has 4 nitrogen and oxygen atoms in total. The van der Waals surface area contributed by atoms with Gasteiger partial charge in [-0.15, -0.1) is 0 Å². The molecule has 0 saturated heterocycles. The molecular formula is C13H18O4. The molecule has 0 aliphatic carbocycles. The number of fused-ring (bicyclic) bond motifs is 1. The van der Waals surface area contributed by atoms with Crippen LogP contribution in [0.25, 0.3) is 0 Å². The molecule has 0 bridgehead atoms. The van der Waals surface area contributed by atoms with Crippen LogP contribution in [-0.4, -0.2) is 37.6 Å². The summed E-state index contributed by atoms with van der Waals surface area (Å²) in [5, 5.41) is 10.1. The van der Waals surface area contributed by atoms with Gasteiger partial charge >= 0.3 is 0 Å². The predicted molar refractivity (Wildman–Crippen MR) is 63.1 cm³/mol. The molecule has 1 aliphatic heterocycles. The first-order valence-corrected chi connectivity index (χ1v) is 5.92. The van der Waals surface area contributed by atoms with Crippen LogP contribution in [0.15, 0.2) is 24.3 Å². The van der Waals surface area contributed by atoms with Gasteiger partial charge in [0.05, 0.1) is 13.2 Å². The molecule has 2 unspecified atom stereocenters. The fourth-order valence-corrected chi connectivity index (χ4v) is 1.86. The molecule has 2 rings (SSSR count). The van der Waals surface area contributed by atoms with E-state index in [9.17, 15) is 5.11 Å². The fraction of sp³-hybridized carbons (Fsp3) is 0.538. The standard InChI is InChI=1S/C13H18O4/c1-2-15-7-8-16-12-9-17-11-6-4-3-5-10(11)13(12)14/h3-6,12-14H,2,7-9H2,1H3. The lowest BCUT2D eigenvalue weighted by molar-refractivity contribution is -0.0844. The summed E-state index contributed by atoms with van der Waals surface area (Å²) in [6.07, 6.45) is -0.938. The third-order valence-electron chi connectivity index (χ3n) is 2.76. The van der Waals surface area contributed by atoms with Crippen molar-refractivity contribution in [2.45, 2.75) is 19.1 Å². The Morgan fingerprint density at radius 2 is 2.18 bits per heavy atom. The SMILES string of the molecule is CCOCCOC1COc2ccccc2C1O. The van der Waals surface area contributed by atoms with E-state index in [1.54, 1.807) is 0 Å². The second kappa shape index (κ2) is 6.00. The van der Waals surface area contributed by atoms with Crippen molar-refractivity contribution in [1.29, 1.82) is 0 Å². The molecule has 0 amide bonds. The zero-order valence-corrected chi connectivity index (χ0v) is 9.96. The molecule has 2 atom stereocenters. The molecule has 0 radical (unpaired) electrons. The Morgan fingerprint density at radius 1 is 1.35 bits per heavy atom. The van der Waals surface area contributed by atoms with E-state index in [1.165, 1.54) is 0 Å². The number of aliphatic hydroxyl groups is 1. The van der Waals surface area contributed by atoms with E-state index < -0.39 is 6.10 Å². The highest BCUT2D eigenvalue weighted by Crippen LogP contribution is 2.32. The third-order valence-corrected chi connectivity index (χ3v) is 2.76. The number of benzene rings is 1. The van der Waals surface area contributed by atoms with Gasteiger partial charge < -0.3 is 19.3 Å². The average Bonchev–Trinajstić information content (AvgIpc) is 2.37. The minimum atomic E-state index is -0.624. The van der Waals surface area contributed by atoms with Crippen molar-refractivity contribution in [3.63, 3.8) is 0 Å². The summed E-state index contributed by atoms with van der Waals surface area (Å²) in [6.45, 7) is 4.01. The molecule has 0 saturated carbocycles. The number of para-hydroxylation sites is 1. The van der Waals surface area contributed by atoms with Gasteiger partial charge in [-0.1, -0.05) is 18.2 Å². The van der Waals surface area contributed by atoms with Crippen molar-refractivity contribution < 1.29 is 19.3 Å². The van der Waals surface area contributed by atoms with Gasteiger partial charge in [0.2, 0.25) is 0 Å². The number of aliphatic hydroxyl groups excluding tert-OH is 1. The van der Waals surface area contributed by atoms with E-state index >= 15 is 0 Å². The maximum atomic E-state index is 10.1. The topological polar surface area (TPSA) is 47.9 Å². The van der Waals surface area contributed by atoms with E-state index in [0.29, 0.717) is 26.4 Å². The maximum absolute atomic E-state index is 10.1. The monoisotopic (exact) mass is 238 g/mol. The molecule has 1 aliphatic rings. The molecule has 1 N–H and O–H groups in total. The summed E-state index contributed by atoms with van der Waals surface area (Å²) in [5.74, 6) is 0.740. The minimum absolute atomic E-state index is 0.314. The first-order valence-electron chi connectivity index (χ1n) is 5.92. The second-order valence-corrected chi connectivity index (χ2v) is 3.90. The van der Waals surface area contributed by atoms with Crippen LogP contribution in [0.5, 0.6) is 5.75 Å². The highest BCUT2D eigenvalue weighted by molar-refractivity contribution is 5.37. The lowest BCUT2D eigenvalue weighted by Gasteiger charge is -2.30. The van der Waals surface area contributed by atoms with E-state index in [-0.39, 0.29) is 6.10 Å². The molecule has 17 heavy (non-hydrogen) atoms. The second-order valence-electron chi connectivity index (χ2n) is 3.90. The summed E-state index contributed by atoms with van der Waals surface area (Å²) >= 11 is 0. The molecule has 1 heterocycles. The van der Waals surface area contributed by atoms with Crippen molar-refractivity contribution in [3.05, 3.63) is 29.8 Å². The van der Waals surface area contributed by atoms with E-state index in [4.69, 9.17) is 14.2 Å². The number of hydrogen-bond acceptors (Lipinski definition) is 4. The van der Waals surface area contributed by atoms with Crippen LogP contribution in [0.2, 0.25) is 0 Å². The lowest BCUT2D eigenvalue weighted by atomic mass is 10.0. The number of rotatable bonds is 5. The summed E-state index contributed by atoms with van der Waals surface area (Å²) in [6, 6.07) is 7.49. The van der Waals surface area contributed by atoms with Gasteiger partial charge in [0.1, 0.15) is 24.6 Å². The van der Waals surface area contributed by atoms with Crippen molar-refractivity contribution in [2.24, 2.45) is 0 Å². The Hall–Kier alpha value is -1.10. The van der Waals surface area contributed by atoms with Gasteiger partial charge in [-0.05, 0) is 13.0 Å². The van der Waals surface area contributed by atoms with Gasteiger partial charge in [0.15, 0.2) is 0 Å². The smallest absolute Gasteiger partial charge is 0.125 e. The largest absolute Gasteiger partial charge is 0.490 e. The van der Waals surface area contributed by atoms with Crippen LogP contribution >= 0.6 is 0 Å². The van der Waals surface area contributed by atoms with Crippen molar-refractivity contribution in [3.8, 4) is 5.75 Å². The molecule has 0 fully saturated rings.